The summed E-state index contributed by atoms with van der Waals surface area (Å²) < 4.78 is 7.56. The molecule has 0 aliphatic heterocycles. The molecule has 146 valence electrons. The molecule has 0 fully saturated rings. The van der Waals surface area contributed by atoms with Crippen LogP contribution in [0, 0.1) is 0 Å². The SMILES string of the molecule is COCCn1c(SCC(=O)Nc2ccc(Br)cc2)nc2cc(Cl)ccc2c1=O. The minimum atomic E-state index is -0.189. The number of methoxy groups -OCH3 is 1. The molecule has 3 aromatic rings. The quantitative estimate of drug-likeness (QED) is 0.404. The van der Waals surface area contributed by atoms with Gasteiger partial charge in [-0.25, -0.2) is 4.98 Å². The summed E-state index contributed by atoms with van der Waals surface area (Å²) in [6.45, 7) is 0.705. The average molecular weight is 483 g/mol. The highest BCUT2D eigenvalue weighted by Gasteiger charge is 2.14. The molecule has 0 bridgehead atoms. The number of carbonyl (C=O) groups is 1. The van der Waals surface area contributed by atoms with Crippen molar-refractivity contribution < 1.29 is 9.53 Å². The summed E-state index contributed by atoms with van der Waals surface area (Å²) in [5, 5.41) is 4.24. The number of rotatable bonds is 7. The zero-order chi connectivity index (χ0) is 20.1. The van der Waals surface area contributed by atoms with Crippen LogP contribution >= 0.6 is 39.3 Å². The van der Waals surface area contributed by atoms with Gasteiger partial charge in [0.05, 0.1) is 29.8 Å². The van der Waals surface area contributed by atoms with Crippen molar-refractivity contribution in [1.82, 2.24) is 9.55 Å². The highest BCUT2D eigenvalue weighted by Crippen LogP contribution is 2.21. The third-order valence-corrected chi connectivity index (χ3v) is 5.60. The number of benzene rings is 2. The van der Waals surface area contributed by atoms with E-state index in [9.17, 15) is 9.59 Å². The van der Waals surface area contributed by atoms with Crippen molar-refractivity contribution in [2.45, 2.75) is 11.7 Å². The number of halogens is 2. The van der Waals surface area contributed by atoms with Crippen LogP contribution < -0.4 is 10.9 Å². The maximum absolute atomic E-state index is 12.8. The minimum Gasteiger partial charge on any atom is -0.383 e. The molecule has 0 saturated heterocycles. The fourth-order valence-electron chi connectivity index (χ4n) is 2.52. The molecular formula is C19H17BrClN3O3S. The lowest BCUT2D eigenvalue weighted by molar-refractivity contribution is -0.113. The molecule has 0 aliphatic rings. The molecule has 3 rings (SSSR count). The molecule has 0 atom stereocenters. The van der Waals surface area contributed by atoms with E-state index in [0.717, 1.165) is 4.47 Å². The second-order valence-corrected chi connectivity index (χ2v) is 8.14. The number of carbonyl (C=O) groups excluding carboxylic acids is 1. The van der Waals surface area contributed by atoms with Crippen LogP contribution in [0.1, 0.15) is 0 Å². The lowest BCUT2D eigenvalue weighted by Crippen LogP contribution is -2.26. The molecule has 1 heterocycles. The molecule has 1 aromatic heterocycles. The van der Waals surface area contributed by atoms with Gasteiger partial charge in [-0.15, -0.1) is 0 Å². The Kier molecular flexibility index (Phi) is 7.12. The smallest absolute Gasteiger partial charge is 0.262 e. The summed E-state index contributed by atoms with van der Waals surface area (Å²) in [6.07, 6.45) is 0. The van der Waals surface area contributed by atoms with Crippen LogP contribution in [0.3, 0.4) is 0 Å². The molecule has 9 heteroatoms. The maximum atomic E-state index is 12.8. The van der Waals surface area contributed by atoms with Crippen molar-refractivity contribution >= 4 is 61.8 Å². The first-order valence-electron chi connectivity index (χ1n) is 8.35. The van der Waals surface area contributed by atoms with E-state index >= 15 is 0 Å². The van der Waals surface area contributed by atoms with E-state index in [1.54, 1.807) is 37.4 Å². The molecule has 0 spiro atoms. The lowest BCUT2D eigenvalue weighted by atomic mass is 10.2. The van der Waals surface area contributed by atoms with Crippen molar-refractivity contribution in [1.29, 1.82) is 0 Å². The van der Waals surface area contributed by atoms with E-state index in [-0.39, 0.29) is 17.2 Å². The molecule has 0 unspecified atom stereocenters. The number of hydrogen-bond donors (Lipinski definition) is 1. The zero-order valence-electron chi connectivity index (χ0n) is 14.9. The molecule has 2 aromatic carbocycles. The number of anilines is 1. The van der Waals surface area contributed by atoms with Crippen LogP contribution in [0.25, 0.3) is 10.9 Å². The Morgan fingerprint density at radius 1 is 1.29 bits per heavy atom. The minimum absolute atomic E-state index is 0.113. The van der Waals surface area contributed by atoms with Crippen molar-refractivity contribution in [3.8, 4) is 0 Å². The van der Waals surface area contributed by atoms with Gasteiger partial charge in [0.2, 0.25) is 5.91 Å². The van der Waals surface area contributed by atoms with E-state index in [2.05, 4.69) is 26.2 Å². The van der Waals surface area contributed by atoms with E-state index in [0.29, 0.717) is 39.9 Å². The maximum Gasteiger partial charge on any atom is 0.262 e. The predicted molar refractivity (Wildman–Crippen MR) is 116 cm³/mol. The highest BCUT2D eigenvalue weighted by molar-refractivity contribution is 9.10. The molecule has 1 N–H and O–H groups in total. The fraction of sp³-hybridized carbons (Fsp3) is 0.211. The summed E-state index contributed by atoms with van der Waals surface area (Å²) in [7, 11) is 1.57. The number of nitrogens with one attached hydrogen (secondary N) is 1. The zero-order valence-corrected chi connectivity index (χ0v) is 18.1. The van der Waals surface area contributed by atoms with Crippen LogP contribution in [0.2, 0.25) is 5.02 Å². The summed E-state index contributed by atoms with van der Waals surface area (Å²) >= 11 is 10.6. The van der Waals surface area contributed by atoms with Gasteiger partial charge in [0.25, 0.3) is 5.56 Å². The van der Waals surface area contributed by atoms with Gasteiger partial charge in [0.1, 0.15) is 0 Å². The number of hydrogen-bond acceptors (Lipinski definition) is 5. The van der Waals surface area contributed by atoms with Gasteiger partial charge in [-0.05, 0) is 42.5 Å². The first-order chi connectivity index (χ1) is 13.5. The van der Waals surface area contributed by atoms with Gasteiger partial charge in [-0.1, -0.05) is 39.3 Å². The van der Waals surface area contributed by atoms with Crippen LogP contribution in [0.15, 0.2) is 56.9 Å². The third-order valence-electron chi connectivity index (χ3n) is 3.86. The fourth-order valence-corrected chi connectivity index (χ4v) is 3.78. The molecule has 6 nitrogen and oxygen atoms in total. The first kappa shape index (κ1) is 20.9. The van der Waals surface area contributed by atoms with Gasteiger partial charge in [-0.2, -0.15) is 0 Å². The monoisotopic (exact) mass is 481 g/mol. The Hall–Kier alpha value is -1.87. The molecule has 0 saturated carbocycles. The van der Waals surface area contributed by atoms with Crippen LogP contribution in [-0.2, 0) is 16.1 Å². The Morgan fingerprint density at radius 2 is 2.04 bits per heavy atom. The molecule has 28 heavy (non-hydrogen) atoms. The topological polar surface area (TPSA) is 73.2 Å². The van der Waals surface area contributed by atoms with Gasteiger partial charge in [0.15, 0.2) is 5.16 Å². The van der Waals surface area contributed by atoms with E-state index < -0.39 is 0 Å². The largest absolute Gasteiger partial charge is 0.383 e. The number of ether oxygens (including phenoxy) is 1. The number of amides is 1. The van der Waals surface area contributed by atoms with Crippen molar-refractivity contribution in [3.63, 3.8) is 0 Å². The number of aromatic nitrogens is 2. The summed E-state index contributed by atoms with van der Waals surface area (Å²) in [4.78, 5) is 29.7. The average Bonchev–Trinajstić information content (AvgIpc) is 2.67. The Morgan fingerprint density at radius 3 is 2.75 bits per heavy atom. The van der Waals surface area contributed by atoms with Gasteiger partial charge >= 0.3 is 0 Å². The first-order valence-corrected chi connectivity index (χ1v) is 10.5. The van der Waals surface area contributed by atoms with Crippen molar-refractivity contribution in [2.24, 2.45) is 0 Å². The van der Waals surface area contributed by atoms with Crippen molar-refractivity contribution in [3.05, 3.63) is 62.3 Å². The molecular weight excluding hydrogens is 466 g/mol. The number of thioether (sulfide) groups is 1. The molecule has 0 aliphatic carbocycles. The van der Waals surface area contributed by atoms with Crippen LogP contribution in [-0.4, -0.2) is 34.9 Å². The molecule has 1 amide bonds. The van der Waals surface area contributed by atoms with Gasteiger partial charge in [-0.3, -0.25) is 14.2 Å². The normalized spacial score (nSPS) is 11.0. The lowest BCUT2D eigenvalue weighted by Gasteiger charge is -2.13. The van der Waals surface area contributed by atoms with Gasteiger partial charge in [0, 0.05) is 22.3 Å². The summed E-state index contributed by atoms with van der Waals surface area (Å²) in [5.41, 5.74) is 1.01. The van der Waals surface area contributed by atoms with Gasteiger partial charge < -0.3 is 10.1 Å². The second-order valence-electron chi connectivity index (χ2n) is 5.85. The highest BCUT2D eigenvalue weighted by atomic mass is 79.9. The van der Waals surface area contributed by atoms with Crippen LogP contribution in [0.4, 0.5) is 5.69 Å². The molecule has 0 radical (unpaired) electrons. The number of nitrogens with zero attached hydrogens (tertiary/aromatic N) is 2. The van der Waals surface area contributed by atoms with E-state index in [4.69, 9.17) is 16.3 Å². The van der Waals surface area contributed by atoms with Crippen molar-refractivity contribution in [2.75, 3.05) is 24.8 Å². The Balaban J connectivity index is 1.82. The summed E-state index contributed by atoms with van der Waals surface area (Å²) in [6, 6.07) is 12.3. The third kappa shape index (κ3) is 5.14. The van der Waals surface area contributed by atoms with Crippen LogP contribution in [0.5, 0.6) is 0 Å². The Labute approximate surface area is 179 Å². The van der Waals surface area contributed by atoms with E-state index in [1.165, 1.54) is 16.3 Å². The Bertz CT molecular complexity index is 1060. The predicted octanol–water partition coefficient (Wildman–Crippen LogP) is 4.19. The second kappa shape index (κ2) is 9.56. The summed E-state index contributed by atoms with van der Waals surface area (Å²) in [5.74, 6) is -0.0762. The number of fused-ring (bicyclic) bond motifs is 1. The van der Waals surface area contributed by atoms with E-state index in [1.807, 2.05) is 12.1 Å². The standard InChI is InChI=1S/C19H17BrClN3O3S/c1-27-9-8-24-18(26)15-7-4-13(21)10-16(15)23-19(24)28-11-17(25)22-14-5-2-12(20)3-6-14/h2-7,10H,8-9,11H2,1H3,(H,22,25).